The van der Waals surface area contributed by atoms with Crippen molar-refractivity contribution in [2.45, 2.75) is 25.3 Å². The van der Waals surface area contributed by atoms with E-state index in [0.29, 0.717) is 12.8 Å². The van der Waals surface area contributed by atoms with Crippen LogP contribution < -0.4 is 5.32 Å². The molecule has 1 amide bonds. The van der Waals surface area contributed by atoms with Gasteiger partial charge in [0.15, 0.2) is 9.84 Å². The summed E-state index contributed by atoms with van der Waals surface area (Å²) < 4.78 is 36.4. The molecule has 28 heavy (non-hydrogen) atoms. The Morgan fingerprint density at radius 1 is 1.14 bits per heavy atom. The first-order chi connectivity index (χ1) is 13.4. The fourth-order valence-electron chi connectivity index (χ4n) is 3.77. The molecule has 1 aliphatic rings. The summed E-state index contributed by atoms with van der Waals surface area (Å²) in [7, 11) is -3.02. The van der Waals surface area contributed by atoms with Crippen LogP contribution in [0, 0.1) is 5.82 Å². The molecule has 0 aliphatic carbocycles. The van der Waals surface area contributed by atoms with E-state index in [1.807, 2.05) is 24.3 Å². The van der Waals surface area contributed by atoms with E-state index in [1.54, 1.807) is 12.1 Å². The lowest BCUT2D eigenvalue weighted by molar-refractivity contribution is -0.121. The van der Waals surface area contributed by atoms with Gasteiger partial charge in [-0.15, -0.1) is 0 Å². The number of sulfone groups is 1. The zero-order chi connectivity index (χ0) is 19.7. The van der Waals surface area contributed by atoms with Gasteiger partial charge in [0.05, 0.1) is 11.5 Å². The second-order valence-corrected chi connectivity index (χ2v) is 9.43. The number of benzene rings is 2. The summed E-state index contributed by atoms with van der Waals surface area (Å²) in [5.41, 5.74) is 3.68. The highest BCUT2D eigenvalue weighted by atomic mass is 32.2. The number of para-hydroxylation sites is 1. The lowest BCUT2D eigenvalue weighted by Gasteiger charge is -2.11. The van der Waals surface area contributed by atoms with Gasteiger partial charge in [-0.2, -0.15) is 0 Å². The van der Waals surface area contributed by atoms with Crippen LogP contribution in [0.15, 0.2) is 48.5 Å². The Hall–Kier alpha value is -2.67. The van der Waals surface area contributed by atoms with Crippen molar-refractivity contribution in [1.82, 2.24) is 10.3 Å². The molecular formula is C21H21FN2O3S. The SMILES string of the molecule is O=C(CCc1c(-c2ccc(F)cc2)[nH]c2ccccc12)NC1CCS(=O)(=O)C1. The number of aromatic nitrogens is 1. The number of hydrogen-bond acceptors (Lipinski definition) is 3. The van der Waals surface area contributed by atoms with E-state index in [9.17, 15) is 17.6 Å². The largest absolute Gasteiger partial charge is 0.354 e. The van der Waals surface area contributed by atoms with Gasteiger partial charge in [0, 0.05) is 29.1 Å². The summed E-state index contributed by atoms with van der Waals surface area (Å²) >= 11 is 0. The first kappa shape index (κ1) is 18.7. The first-order valence-corrected chi connectivity index (χ1v) is 11.1. The van der Waals surface area contributed by atoms with Crippen LogP contribution in [0.5, 0.6) is 0 Å². The monoisotopic (exact) mass is 400 g/mol. The minimum Gasteiger partial charge on any atom is -0.354 e. The zero-order valence-corrected chi connectivity index (χ0v) is 16.1. The van der Waals surface area contributed by atoms with Gasteiger partial charge in [-0.25, -0.2) is 12.8 Å². The third-order valence-corrected chi connectivity index (χ3v) is 6.91. The Labute approximate surface area is 162 Å². The van der Waals surface area contributed by atoms with Crippen molar-refractivity contribution in [3.8, 4) is 11.3 Å². The molecule has 1 atom stereocenters. The van der Waals surface area contributed by atoms with Crippen LogP contribution in [0.3, 0.4) is 0 Å². The van der Waals surface area contributed by atoms with Crippen molar-refractivity contribution in [2.24, 2.45) is 0 Å². The third-order valence-electron chi connectivity index (χ3n) is 5.15. The molecule has 1 fully saturated rings. The molecule has 2 N–H and O–H groups in total. The van der Waals surface area contributed by atoms with Crippen LogP contribution in [0.2, 0.25) is 0 Å². The van der Waals surface area contributed by atoms with Gasteiger partial charge in [0.1, 0.15) is 5.82 Å². The summed E-state index contributed by atoms with van der Waals surface area (Å²) in [6.45, 7) is 0. The van der Waals surface area contributed by atoms with Gasteiger partial charge in [-0.05, 0) is 54.3 Å². The van der Waals surface area contributed by atoms with Gasteiger partial charge in [-0.1, -0.05) is 18.2 Å². The van der Waals surface area contributed by atoms with Crippen LogP contribution in [0.25, 0.3) is 22.2 Å². The van der Waals surface area contributed by atoms with Gasteiger partial charge < -0.3 is 10.3 Å². The molecule has 0 spiro atoms. The Morgan fingerprint density at radius 2 is 1.89 bits per heavy atom. The highest BCUT2D eigenvalue weighted by Gasteiger charge is 2.28. The highest BCUT2D eigenvalue weighted by molar-refractivity contribution is 7.91. The number of hydrogen-bond donors (Lipinski definition) is 2. The second-order valence-electron chi connectivity index (χ2n) is 7.20. The minimum atomic E-state index is -3.02. The van der Waals surface area contributed by atoms with E-state index in [0.717, 1.165) is 27.7 Å². The molecule has 5 nitrogen and oxygen atoms in total. The summed E-state index contributed by atoms with van der Waals surface area (Å²) in [6, 6.07) is 13.8. The highest BCUT2D eigenvalue weighted by Crippen LogP contribution is 2.31. The second kappa shape index (κ2) is 7.39. The predicted molar refractivity (Wildman–Crippen MR) is 107 cm³/mol. The molecule has 1 saturated heterocycles. The molecule has 0 radical (unpaired) electrons. The summed E-state index contributed by atoms with van der Waals surface area (Å²) in [5, 5.41) is 3.86. The van der Waals surface area contributed by atoms with Crippen LogP contribution in [-0.4, -0.2) is 36.9 Å². The van der Waals surface area contributed by atoms with Crippen molar-refractivity contribution >= 4 is 26.6 Å². The maximum atomic E-state index is 13.3. The number of rotatable bonds is 5. The molecule has 1 unspecified atom stereocenters. The standard InChI is InChI=1S/C21H21FN2O3S/c22-15-7-5-14(6-8-15)21-18(17-3-1-2-4-19(17)24-21)9-10-20(25)23-16-11-12-28(26,27)13-16/h1-8,16,24H,9-13H2,(H,23,25). The fourth-order valence-corrected chi connectivity index (χ4v) is 5.44. The van der Waals surface area contributed by atoms with E-state index >= 15 is 0 Å². The topological polar surface area (TPSA) is 79.0 Å². The van der Waals surface area contributed by atoms with Crippen LogP contribution in [0.1, 0.15) is 18.4 Å². The number of aryl methyl sites for hydroxylation is 1. The van der Waals surface area contributed by atoms with Crippen molar-refractivity contribution in [3.05, 3.63) is 59.9 Å². The lowest BCUT2D eigenvalue weighted by Crippen LogP contribution is -2.35. The predicted octanol–water partition coefficient (Wildman–Crippen LogP) is 3.21. The molecule has 1 aliphatic heterocycles. The Morgan fingerprint density at radius 3 is 2.61 bits per heavy atom. The number of amides is 1. The van der Waals surface area contributed by atoms with Crippen molar-refractivity contribution in [2.75, 3.05) is 11.5 Å². The van der Waals surface area contributed by atoms with E-state index in [2.05, 4.69) is 10.3 Å². The molecule has 2 heterocycles. The van der Waals surface area contributed by atoms with Gasteiger partial charge in [0.2, 0.25) is 5.91 Å². The average molecular weight is 400 g/mol. The lowest BCUT2D eigenvalue weighted by atomic mass is 10.0. The molecular weight excluding hydrogens is 379 g/mol. The number of nitrogens with one attached hydrogen (secondary N) is 2. The fraction of sp³-hybridized carbons (Fsp3) is 0.286. The van der Waals surface area contributed by atoms with Crippen LogP contribution >= 0.6 is 0 Å². The van der Waals surface area contributed by atoms with Gasteiger partial charge in [0.25, 0.3) is 0 Å². The average Bonchev–Trinajstić information content (AvgIpc) is 3.20. The summed E-state index contributed by atoms with van der Waals surface area (Å²) in [4.78, 5) is 15.7. The number of aromatic amines is 1. The van der Waals surface area contributed by atoms with Crippen molar-refractivity contribution in [1.29, 1.82) is 0 Å². The van der Waals surface area contributed by atoms with Gasteiger partial charge in [-0.3, -0.25) is 4.79 Å². The number of carbonyl (C=O) groups excluding carboxylic acids is 1. The smallest absolute Gasteiger partial charge is 0.220 e. The number of fused-ring (bicyclic) bond motifs is 1. The molecule has 0 bridgehead atoms. The quantitative estimate of drug-likeness (QED) is 0.690. The van der Waals surface area contributed by atoms with Crippen molar-refractivity contribution in [3.63, 3.8) is 0 Å². The Bertz CT molecular complexity index is 1120. The van der Waals surface area contributed by atoms with Crippen molar-refractivity contribution < 1.29 is 17.6 Å². The number of halogens is 1. The van der Waals surface area contributed by atoms with Crippen LogP contribution in [-0.2, 0) is 21.1 Å². The van der Waals surface area contributed by atoms with E-state index in [4.69, 9.17) is 0 Å². The molecule has 146 valence electrons. The van der Waals surface area contributed by atoms with E-state index in [-0.39, 0.29) is 35.7 Å². The molecule has 4 rings (SSSR count). The molecule has 1 aromatic heterocycles. The van der Waals surface area contributed by atoms with E-state index < -0.39 is 9.84 Å². The minimum absolute atomic E-state index is 0.0205. The molecule has 0 saturated carbocycles. The molecule has 7 heteroatoms. The summed E-state index contributed by atoms with van der Waals surface area (Å²) in [5.74, 6) is -0.299. The molecule has 3 aromatic rings. The third kappa shape index (κ3) is 3.94. The Balaban J connectivity index is 1.55. The molecule has 2 aromatic carbocycles. The van der Waals surface area contributed by atoms with E-state index in [1.165, 1.54) is 12.1 Å². The first-order valence-electron chi connectivity index (χ1n) is 9.26. The zero-order valence-electron chi connectivity index (χ0n) is 15.2. The maximum Gasteiger partial charge on any atom is 0.220 e. The maximum absolute atomic E-state index is 13.3. The number of H-pyrrole nitrogens is 1. The van der Waals surface area contributed by atoms with Crippen LogP contribution in [0.4, 0.5) is 4.39 Å². The number of carbonyl (C=O) groups is 1. The van der Waals surface area contributed by atoms with Gasteiger partial charge >= 0.3 is 0 Å². The summed E-state index contributed by atoms with van der Waals surface area (Å²) in [6.07, 6.45) is 1.23. The normalized spacial score (nSPS) is 18.4. The Kier molecular flexibility index (Phi) is 4.93.